The van der Waals surface area contributed by atoms with Gasteiger partial charge in [-0.2, -0.15) is 0 Å². The van der Waals surface area contributed by atoms with Crippen LogP contribution in [0.3, 0.4) is 0 Å². The zero-order valence-corrected chi connectivity index (χ0v) is 17.2. The highest BCUT2D eigenvalue weighted by Gasteiger charge is 2.30. The molecule has 7 nitrogen and oxygen atoms in total. The van der Waals surface area contributed by atoms with Crippen molar-refractivity contribution in [3.8, 4) is 11.5 Å². The Kier molecular flexibility index (Phi) is 5.51. The van der Waals surface area contributed by atoms with Crippen LogP contribution in [-0.4, -0.2) is 39.8 Å². The first-order chi connectivity index (χ1) is 13.1. The monoisotopic (exact) mass is 404 g/mol. The van der Waals surface area contributed by atoms with Gasteiger partial charge >= 0.3 is 0 Å². The van der Waals surface area contributed by atoms with Crippen LogP contribution in [-0.2, 0) is 14.8 Å². The number of nitrogens with zero attached hydrogens (tertiary/aromatic N) is 1. The molecule has 1 aliphatic heterocycles. The zero-order chi connectivity index (χ0) is 20.5. The van der Waals surface area contributed by atoms with Gasteiger partial charge in [0.2, 0.25) is 15.9 Å². The molecule has 1 heterocycles. The predicted octanol–water partition coefficient (Wildman–Crippen LogP) is 2.87. The second-order valence-electron chi connectivity index (χ2n) is 6.93. The number of anilines is 2. The van der Waals surface area contributed by atoms with Crippen LogP contribution >= 0.6 is 0 Å². The Morgan fingerprint density at radius 1 is 1.04 bits per heavy atom. The molecule has 0 spiro atoms. The van der Waals surface area contributed by atoms with Crippen LogP contribution in [0.5, 0.6) is 11.5 Å². The summed E-state index contributed by atoms with van der Waals surface area (Å²) in [5.41, 5.74) is 2.99. The minimum Gasteiger partial charge on any atom is -0.486 e. The molecule has 0 fully saturated rings. The molecule has 1 amide bonds. The summed E-state index contributed by atoms with van der Waals surface area (Å²) in [5.74, 6) is 0.584. The molecule has 0 saturated carbocycles. The van der Waals surface area contributed by atoms with Gasteiger partial charge in [-0.25, -0.2) is 8.42 Å². The van der Waals surface area contributed by atoms with Crippen LogP contribution in [0.25, 0.3) is 0 Å². The fraction of sp³-hybridized carbons (Fsp3) is 0.350. The Morgan fingerprint density at radius 2 is 1.64 bits per heavy atom. The lowest BCUT2D eigenvalue weighted by Gasteiger charge is -2.29. The molecule has 0 saturated heterocycles. The molecule has 1 atom stereocenters. The average molecular weight is 404 g/mol. The van der Waals surface area contributed by atoms with Gasteiger partial charge in [-0.3, -0.25) is 9.10 Å². The third-order valence-electron chi connectivity index (χ3n) is 4.36. The Balaban J connectivity index is 1.90. The molecular weight excluding hydrogens is 380 g/mol. The van der Waals surface area contributed by atoms with E-state index in [1.54, 1.807) is 25.1 Å². The second kappa shape index (κ2) is 7.71. The Labute approximate surface area is 165 Å². The number of carbonyl (C=O) groups is 1. The molecule has 1 N–H and O–H groups in total. The lowest BCUT2D eigenvalue weighted by molar-refractivity contribution is -0.116. The minimum absolute atomic E-state index is 0.342. The molecule has 0 aliphatic carbocycles. The number of amides is 1. The summed E-state index contributed by atoms with van der Waals surface area (Å²) in [6.45, 7) is 6.25. The van der Waals surface area contributed by atoms with Gasteiger partial charge in [-0.1, -0.05) is 6.07 Å². The maximum Gasteiger partial charge on any atom is 0.247 e. The van der Waals surface area contributed by atoms with Crippen molar-refractivity contribution in [1.82, 2.24) is 0 Å². The first-order valence-electron chi connectivity index (χ1n) is 8.93. The number of fused-ring (bicyclic) bond motifs is 1. The number of rotatable bonds is 5. The van der Waals surface area contributed by atoms with Gasteiger partial charge in [0, 0.05) is 11.8 Å². The Morgan fingerprint density at radius 3 is 2.25 bits per heavy atom. The molecule has 2 aromatic carbocycles. The quantitative estimate of drug-likeness (QED) is 0.828. The molecule has 2 aromatic rings. The topological polar surface area (TPSA) is 84.9 Å². The largest absolute Gasteiger partial charge is 0.486 e. The van der Waals surface area contributed by atoms with Gasteiger partial charge < -0.3 is 14.8 Å². The summed E-state index contributed by atoms with van der Waals surface area (Å²) in [6, 6.07) is 9.55. The number of ether oxygens (including phenoxy) is 2. The molecule has 0 radical (unpaired) electrons. The number of nitrogens with one attached hydrogen (secondary N) is 1. The molecular formula is C20H24N2O5S. The van der Waals surface area contributed by atoms with Crippen LogP contribution < -0.4 is 19.1 Å². The summed E-state index contributed by atoms with van der Waals surface area (Å²) in [7, 11) is -3.72. The fourth-order valence-electron chi connectivity index (χ4n) is 3.27. The first kappa shape index (κ1) is 20.0. The van der Waals surface area contributed by atoms with Gasteiger partial charge in [0.1, 0.15) is 19.3 Å². The van der Waals surface area contributed by atoms with E-state index in [4.69, 9.17) is 9.47 Å². The van der Waals surface area contributed by atoms with E-state index >= 15 is 0 Å². The molecule has 0 aromatic heterocycles. The normalized spacial score (nSPS) is 14.3. The Hall–Kier alpha value is -2.74. The van der Waals surface area contributed by atoms with Crippen molar-refractivity contribution in [3.63, 3.8) is 0 Å². The van der Waals surface area contributed by atoms with Crippen LogP contribution in [0.1, 0.15) is 18.1 Å². The van der Waals surface area contributed by atoms with E-state index < -0.39 is 22.0 Å². The van der Waals surface area contributed by atoms with E-state index in [-0.39, 0.29) is 0 Å². The van der Waals surface area contributed by atoms with Crippen molar-refractivity contribution < 1.29 is 22.7 Å². The van der Waals surface area contributed by atoms with E-state index in [9.17, 15) is 13.2 Å². The third kappa shape index (κ3) is 4.39. The third-order valence-corrected chi connectivity index (χ3v) is 5.60. The average Bonchev–Trinajstić information content (AvgIpc) is 2.59. The lowest BCUT2D eigenvalue weighted by Crippen LogP contribution is -2.45. The fourth-order valence-corrected chi connectivity index (χ4v) is 4.44. The summed E-state index contributed by atoms with van der Waals surface area (Å²) < 4.78 is 37.1. The van der Waals surface area contributed by atoms with E-state index in [2.05, 4.69) is 5.32 Å². The highest BCUT2D eigenvalue weighted by molar-refractivity contribution is 7.92. The van der Waals surface area contributed by atoms with Gasteiger partial charge in [0.15, 0.2) is 11.5 Å². The van der Waals surface area contributed by atoms with E-state index in [1.165, 1.54) is 0 Å². The summed E-state index contributed by atoms with van der Waals surface area (Å²) in [4.78, 5) is 12.8. The summed E-state index contributed by atoms with van der Waals surface area (Å²) in [5, 5.41) is 2.81. The summed E-state index contributed by atoms with van der Waals surface area (Å²) >= 11 is 0. The van der Waals surface area contributed by atoms with Crippen molar-refractivity contribution in [2.45, 2.75) is 26.8 Å². The molecule has 1 aliphatic rings. The second-order valence-corrected chi connectivity index (χ2v) is 8.79. The van der Waals surface area contributed by atoms with Gasteiger partial charge in [0.05, 0.1) is 11.9 Å². The number of hydrogen-bond donors (Lipinski definition) is 1. The van der Waals surface area contributed by atoms with Crippen LogP contribution in [0, 0.1) is 13.8 Å². The van der Waals surface area contributed by atoms with Crippen molar-refractivity contribution in [2.75, 3.05) is 29.1 Å². The molecule has 0 bridgehead atoms. The summed E-state index contributed by atoms with van der Waals surface area (Å²) in [6.07, 6.45) is 1.07. The number of carbonyl (C=O) groups excluding carboxylic acids is 1. The lowest BCUT2D eigenvalue weighted by atomic mass is 10.1. The highest BCUT2D eigenvalue weighted by atomic mass is 32.2. The molecule has 8 heteroatoms. The molecule has 150 valence electrons. The molecule has 3 rings (SSSR count). The number of hydrogen-bond acceptors (Lipinski definition) is 5. The van der Waals surface area contributed by atoms with Gasteiger partial charge in [0.25, 0.3) is 0 Å². The van der Waals surface area contributed by atoms with Crippen LogP contribution in [0.15, 0.2) is 36.4 Å². The van der Waals surface area contributed by atoms with Crippen molar-refractivity contribution in [2.24, 2.45) is 0 Å². The molecule has 28 heavy (non-hydrogen) atoms. The van der Waals surface area contributed by atoms with Crippen molar-refractivity contribution in [3.05, 3.63) is 47.5 Å². The van der Waals surface area contributed by atoms with E-state index in [0.29, 0.717) is 36.1 Å². The maximum atomic E-state index is 12.8. The van der Waals surface area contributed by atoms with Gasteiger partial charge in [-0.15, -0.1) is 0 Å². The predicted molar refractivity (Wildman–Crippen MR) is 109 cm³/mol. The smallest absolute Gasteiger partial charge is 0.247 e. The van der Waals surface area contributed by atoms with Crippen LogP contribution in [0.4, 0.5) is 11.4 Å². The maximum absolute atomic E-state index is 12.8. The number of benzene rings is 2. The standard InChI is InChI=1S/C20H24N2O5S/c1-13-9-14(2)11-16(10-13)21-20(23)15(3)22(28(4,24)25)17-5-6-18-19(12-17)27-8-7-26-18/h5-6,9-12,15H,7-8H2,1-4H3,(H,21,23)/t15-/m0/s1. The minimum atomic E-state index is -3.72. The SMILES string of the molecule is Cc1cc(C)cc(NC(=O)[C@H](C)N(c2ccc3c(c2)OCCO3)S(C)(=O)=O)c1. The molecule has 0 unspecified atom stereocenters. The van der Waals surface area contributed by atoms with Crippen molar-refractivity contribution >= 4 is 27.3 Å². The number of sulfonamides is 1. The highest BCUT2D eigenvalue weighted by Crippen LogP contribution is 2.35. The van der Waals surface area contributed by atoms with E-state index in [0.717, 1.165) is 21.7 Å². The number of aryl methyl sites for hydroxylation is 2. The van der Waals surface area contributed by atoms with Crippen LogP contribution in [0.2, 0.25) is 0 Å². The van der Waals surface area contributed by atoms with Crippen molar-refractivity contribution in [1.29, 1.82) is 0 Å². The van der Waals surface area contributed by atoms with Gasteiger partial charge in [-0.05, 0) is 56.2 Å². The Bertz CT molecular complexity index is 983. The van der Waals surface area contributed by atoms with E-state index in [1.807, 2.05) is 32.0 Å². The first-order valence-corrected chi connectivity index (χ1v) is 10.8. The zero-order valence-electron chi connectivity index (χ0n) is 16.4.